The smallest absolute Gasteiger partial charge is 0.271 e. The Balaban J connectivity index is 2.26. The van der Waals surface area contributed by atoms with Crippen LogP contribution in [0.4, 0.5) is 17.1 Å². The van der Waals surface area contributed by atoms with Gasteiger partial charge >= 0.3 is 0 Å². The first-order valence-corrected chi connectivity index (χ1v) is 10.8. The second kappa shape index (κ2) is 8.87. The van der Waals surface area contributed by atoms with Crippen LogP contribution in [0.15, 0.2) is 53.4 Å². The third-order valence-electron chi connectivity index (χ3n) is 3.48. The van der Waals surface area contributed by atoms with E-state index in [2.05, 4.69) is 5.32 Å². The number of hydrogen-bond donors (Lipinski definition) is 1. The quantitative estimate of drug-likeness (QED) is 0.407. The summed E-state index contributed by atoms with van der Waals surface area (Å²) in [5, 5.41) is 13.6. The highest BCUT2D eigenvalue weighted by molar-refractivity contribution is 7.99. The van der Waals surface area contributed by atoms with Crippen LogP contribution in [0.25, 0.3) is 0 Å². The van der Waals surface area contributed by atoms with Gasteiger partial charge < -0.3 is 5.32 Å². The minimum Gasteiger partial charge on any atom is -0.323 e. The van der Waals surface area contributed by atoms with Crippen molar-refractivity contribution in [2.45, 2.75) is 11.8 Å². The standard InChI is InChI=1S/C17H19N3O5S2/c1-3-26-16-10-5-4-9-15(16)18-17(21)12-19(27(2,24)25)13-7-6-8-14(11-13)20(22)23/h4-11H,3,12H2,1-2H3,(H,18,21). The number of para-hydroxylation sites is 1. The lowest BCUT2D eigenvalue weighted by atomic mass is 10.3. The van der Waals surface area contributed by atoms with Crippen molar-refractivity contribution in [3.05, 3.63) is 58.6 Å². The van der Waals surface area contributed by atoms with Crippen LogP contribution in [0.2, 0.25) is 0 Å². The SMILES string of the molecule is CCSc1ccccc1NC(=O)CN(c1cccc([N+](=O)[O-])c1)S(C)(=O)=O. The van der Waals surface area contributed by atoms with Gasteiger partial charge in [0.25, 0.3) is 5.69 Å². The Bertz CT molecular complexity index is 947. The van der Waals surface area contributed by atoms with Gasteiger partial charge in [0, 0.05) is 17.0 Å². The van der Waals surface area contributed by atoms with Crippen LogP contribution >= 0.6 is 11.8 Å². The molecule has 0 fully saturated rings. The van der Waals surface area contributed by atoms with Gasteiger partial charge in [0.15, 0.2) is 0 Å². The average molecular weight is 409 g/mol. The van der Waals surface area contributed by atoms with Crippen LogP contribution in [0, 0.1) is 10.1 Å². The second-order valence-corrected chi connectivity index (χ2v) is 8.74. The van der Waals surface area contributed by atoms with Gasteiger partial charge in [0.2, 0.25) is 15.9 Å². The predicted octanol–water partition coefficient (Wildman–Crippen LogP) is 3.11. The molecule has 0 atom stereocenters. The summed E-state index contributed by atoms with van der Waals surface area (Å²) >= 11 is 1.55. The number of non-ortho nitro benzene ring substituents is 1. The zero-order valence-electron chi connectivity index (χ0n) is 14.8. The lowest BCUT2D eigenvalue weighted by Crippen LogP contribution is -2.37. The lowest BCUT2D eigenvalue weighted by molar-refractivity contribution is -0.384. The Kier molecular flexibility index (Phi) is 6.81. The van der Waals surface area contributed by atoms with Gasteiger partial charge in [0.05, 0.1) is 22.6 Å². The van der Waals surface area contributed by atoms with Gasteiger partial charge in [-0.1, -0.05) is 25.1 Å². The van der Waals surface area contributed by atoms with Gasteiger partial charge in [-0.2, -0.15) is 0 Å². The molecule has 1 amide bonds. The minimum atomic E-state index is -3.82. The number of nitrogens with one attached hydrogen (secondary N) is 1. The molecule has 0 aromatic heterocycles. The van der Waals surface area contributed by atoms with Crippen LogP contribution in [0.3, 0.4) is 0 Å². The van der Waals surface area contributed by atoms with E-state index in [1.807, 2.05) is 19.1 Å². The maximum Gasteiger partial charge on any atom is 0.271 e. The van der Waals surface area contributed by atoms with Crippen molar-refractivity contribution >= 4 is 44.8 Å². The highest BCUT2D eigenvalue weighted by Gasteiger charge is 2.23. The van der Waals surface area contributed by atoms with Crippen molar-refractivity contribution in [1.29, 1.82) is 0 Å². The maximum atomic E-state index is 12.5. The highest BCUT2D eigenvalue weighted by atomic mass is 32.2. The number of carbonyl (C=O) groups is 1. The van der Waals surface area contributed by atoms with Gasteiger partial charge in [0.1, 0.15) is 6.54 Å². The van der Waals surface area contributed by atoms with E-state index in [0.717, 1.165) is 27.3 Å². The highest BCUT2D eigenvalue weighted by Crippen LogP contribution is 2.27. The molecule has 0 aliphatic heterocycles. The van der Waals surface area contributed by atoms with E-state index in [4.69, 9.17) is 0 Å². The van der Waals surface area contributed by atoms with Crippen molar-refractivity contribution in [2.75, 3.05) is 28.2 Å². The number of rotatable bonds is 8. The van der Waals surface area contributed by atoms with E-state index < -0.39 is 27.4 Å². The summed E-state index contributed by atoms with van der Waals surface area (Å²) in [5.41, 5.74) is 0.381. The van der Waals surface area contributed by atoms with E-state index in [0.29, 0.717) is 5.69 Å². The van der Waals surface area contributed by atoms with Crippen LogP contribution in [0.1, 0.15) is 6.92 Å². The Labute approximate surface area is 161 Å². The number of carbonyl (C=O) groups excluding carboxylic acids is 1. The van der Waals surface area contributed by atoms with Crippen molar-refractivity contribution < 1.29 is 18.1 Å². The molecule has 27 heavy (non-hydrogen) atoms. The van der Waals surface area contributed by atoms with Crippen LogP contribution in [0.5, 0.6) is 0 Å². The average Bonchev–Trinajstić information content (AvgIpc) is 2.60. The summed E-state index contributed by atoms with van der Waals surface area (Å²) in [6.07, 6.45) is 0.944. The summed E-state index contributed by atoms with van der Waals surface area (Å²) in [6.45, 7) is 1.49. The summed E-state index contributed by atoms with van der Waals surface area (Å²) in [4.78, 5) is 23.6. The van der Waals surface area contributed by atoms with E-state index in [1.54, 1.807) is 23.9 Å². The molecule has 1 N–H and O–H groups in total. The number of nitrogens with zero attached hydrogens (tertiary/aromatic N) is 2. The molecular weight excluding hydrogens is 390 g/mol. The lowest BCUT2D eigenvalue weighted by Gasteiger charge is -2.22. The van der Waals surface area contributed by atoms with Crippen LogP contribution < -0.4 is 9.62 Å². The number of amides is 1. The van der Waals surface area contributed by atoms with Crippen LogP contribution in [-0.2, 0) is 14.8 Å². The third kappa shape index (κ3) is 5.69. The molecule has 0 aliphatic rings. The Hall–Kier alpha value is -2.59. The normalized spacial score (nSPS) is 11.0. The second-order valence-electron chi connectivity index (χ2n) is 5.52. The first-order chi connectivity index (χ1) is 12.7. The summed E-state index contributed by atoms with van der Waals surface area (Å²) in [6, 6.07) is 12.4. The van der Waals surface area contributed by atoms with Gasteiger partial charge in [-0.15, -0.1) is 11.8 Å². The molecule has 0 saturated carbocycles. The van der Waals surface area contributed by atoms with Gasteiger partial charge in [-0.3, -0.25) is 19.2 Å². The number of hydrogen-bond acceptors (Lipinski definition) is 6. The Morgan fingerprint density at radius 3 is 2.56 bits per heavy atom. The minimum absolute atomic E-state index is 0.0538. The van der Waals surface area contributed by atoms with E-state index in [-0.39, 0.29) is 11.4 Å². The fraction of sp³-hybridized carbons (Fsp3) is 0.235. The Morgan fingerprint density at radius 1 is 1.22 bits per heavy atom. The van der Waals surface area contributed by atoms with Gasteiger partial charge in [-0.05, 0) is 24.0 Å². The molecule has 0 aliphatic carbocycles. The molecule has 8 nitrogen and oxygen atoms in total. The first kappa shape index (κ1) is 20.7. The zero-order chi connectivity index (χ0) is 20.0. The number of sulfonamides is 1. The number of benzene rings is 2. The van der Waals surface area contributed by atoms with Gasteiger partial charge in [-0.25, -0.2) is 8.42 Å². The molecule has 0 bridgehead atoms. The Morgan fingerprint density at radius 2 is 1.93 bits per heavy atom. The van der Waals surface area contributed by atoms with Crippen molar-refractivity contribution in [3.8, 4) is 0 Å². The molecule has 144 valence electrons. The number of nitro benzene ring substituents is 1. The summed E-state index contributed by atoms with van der Waals surface area (Å²) < 4.78 is 25.1. The van der Waals surface area contributed by atoms with E-state index >= 15 is 0 Å². The molecule has 0 radical (unpaired) electrons. The third-order valence-corrected chi connectivity index (χ3v) is 5.57. The molecule has 0 saturated heterocycles. The molecule has 10 heteroatoms. The first-order valence-electron chi connectivity index (χ1n) is 7.96. The maximum absolute atomic E-state index is 12.5. The summed E-state index contributed by atoms with van der Waals surface area (Å²) in [5.74, 6) is 0.270. The van der Waals surface area contributed by atoms with Crippen molar-refractivity contribution in [2.24, 2.45) is 0 Å². The predicted molar refractivity (Wildman–Crippen MR) is 107 cm³/mol. The monoisotopic (exact) mass is 409 g/mol. The molecule has 2 rings (SSSR count). The summed E-state index contributed by atoms with van der Waals surface area (Å²) in [7, 11) is -3.82. The molecule has 0 heterocycles. The van der Waals surface area contributed by atoms with Crippen molar-refractivity contribution in [3.63, 3.8) is 0 Å². The molecule has 0 unspecified atom stereocenters. The molecule has 2 aromatic rings. The van der Waals surface area contributed by atoms with E-state index in [9.17, 15) is 23.3 Å². The zero-order valence-corrected chi connectivity index (χ0v) is 16.4. The topological polar surface area (TPSA) is 110 Å². The van der Waals surface area contributed by atoms with Crippen molar-refractivity contribution in [1.82, 2.24) is 0 Å². The number of anilines is 2. The number of thioether (sulfide) groups is 1. The fourth-order valence-corrected chi connectivity index (χ4v) is 3.94. The molecular formula is C17H19N3O5S2. The molecule has 0 spiro atoms. The fourth-order valence-electron chi connectivity index (χ4n) is 2.33. The number of nitro groups is 1. The van der Waals surface area contributed by atoms with Crippen LogP contribution in [-0.4, -0.2) is 37.8 Å². The van der Waals surface area contributed by atoms with E-state index in [1.165, 1.54) is 18.2 Å². The molecule has 2 aromatic carbocycles. The largest absolute Gasteiger partial charge is 0.323 e.